The van der Waals surface area contributed by atoms with Crippen LogP contribution in [0.2, 0.25) is 0 Å². The summed E-state index contributed by atoms with van der Waals surface area (Å²) in [5, 5.41) is 0. The number of benzene rings is 1. The van der Waals surface area contributed by atoms with Crippen molar-refractivity contribution in [3.05, 3.63) is 64.8 Å². The van der Waals surface area contributed by atoms with E-state index < -0.39 is 17.6 Å². The molecule has 1 unspecified atom stereocenters. The fourth-order valence-corrected chi connectivity index (χ4v) is 3.81. The van der Waals surface area contributed by atoms with E-state index in [1.54, 1.807) is 25.1 Å². The average molecular weight is 392 g/mol. The average Bonchev–Trinajstić information content (AvgIpc) is 3.37. The van der Waals surface area contributed by atoms with Crippen LogP contribution in [0, 0.1) is 12.7 Å². The number of hydrogen-bond donors (Lipinski definition) is 1. The first-order chi connectivity index (χ1) is 14.0. The second-order valence-electron chi connectivity index (χ2n) is 7.29. The number of anilines is 1. The molecule has 1 aliphatic heterocycles. The summed E-state index contributed by atoms with van der Waals surface area (Å²) >= 11 is 0. The Bertz CT molecular complexity index is 1170. The molecule has 1 aromatic carbocycles. The van der Waals surface area contributed by atoms with Crippen LogP contribution in [0.25, 0.3) is 11.5 Å². The molecule has 1 aliphatic carbocycles. The number of carbonyl (C=O) groups is 2. The van der Waals surface area contributed by atoms with Gasteiger partial charge in [0, 0.05) is 6.04 Å². The van der Waals surface area contributed by atoms with Gasteiger partial charge in [0.25, 0.3) is 5.91 Å². The molecule has 2 N–H and O–H groups in total. The van der Waals surface area contributed by atoms with E-state index in [0.29, 0.717) is 11.5 Å². The minimum absolute atomic E-state index is 0.0791. The van der Waals surface area contributed by atoms with E-state index in [1.165, 1.54) is 23.1 Å². The summed E-state index contributed by atoms with van der Waals surface area (Å²) in [6, 6.07) is 8.03. The quantitative estimate of drug-likeness (QED) is 0.684. The Kier molecular flexibility index (Phi) is 3.77. The number of rotatable bonds is 4. The summed E-state index contributed by atoms with van der Waals surface area (Å²) in [5.41, 5.74) is 6.46. The van der Waals surface area contributed by atoms with Crippen LogP contribution in [0.5, 0.6) is 0 Å². The van der Waals surface area contributed by atoms with Gasteiger partial charge in [-0.1, -0.05) is 12.1 Å². The van der Waals surface area contributed by atoms with Crippen molar-refractivity contribution in [2.45, 2.75) is 31.8 Å². The molecule has 0 radical (unpaired) electrons. The lowest BCUT2D eigenvalue weighted by atomic mass is 9.99. The van der Waals surface area contributed by atoms with Crippen LogP contribution in [0.4, 0.5) is 10.3 Å². The zero-order valence-electron chi connectivity index (χ0n) is 15.6. The predicted molar refractivity (Wildman–Crippen MR) is 102 cm³/mol. The van der Waals surface area contributed by atoms with Crippen LogP contribution < -0.4 is 5.73 Å². The topological polar surface area (TPSA) is 102 Å². The molecule has 1 atom stereocenters. The van der Waals surface area contributed by atoms with Crippen molar-refractivity contribution in [2.75, 3.05) is 5.73 Å². The Morgan fingerprint density at radius 2 is 1.97 bits per heavy atom. The zero-order chi connectivity index (χ0) is 20.3. The van der Waals surface area contributed by atoms with Crippen molar-refractivity contribution >= 4 is 17.6 Å². The number of furan rings is 1. The van der Waals surface area contributed by atoms with Crippen molar-refractivity contribution in [1.29, 1.82) is 0 Å². The number of aromatic nitrogens is 2. The van der Waals surface area contributed by atoms with Gasteiger partial charge in [-0.3, -0.25) is 9.59 Å². The van der Waals surface area contributed by atoms with Crippen LogP contribution in [0.15, 0.2) is 40.8 Å². The van der Waals surface area contributed by atoms with Gasteiger partial charge in [-0.15, -0.1) is 0 Å². The number of nitrogen functional groups attached to an aromatic ring is 1. The minimum Gasteiger partial charge on any atom is -0.460 e. The van der Waals surface area contributed by atoms with Gasteiger partial charge in [0.2, 0.25) is 5.95 Å². The molecular weight excluding hydrogens is 375 g/mol. The van der Waals surface area contributed by atoms with Gasteiger partial charge >= 0.3 is 0 Å². The highest BCUT2D eigenvalue weighted by molar-refractivity contribution is 6.12. The van der Waals surface area contributed by atoms with Crippen molar-refractivity contribution in [2.24, 2.45) is 0 Å². The Hall–Kier alpha value is -3.55. The highest BCUT2D eigenvalue weighted by Crippen LogP contribution is 2.45. The summed E-state index contributed by atoms with van der Waals surface area (Å²) in [7, 11) is 0. The maximum atomic E-state index is 14.3. The number of nitrogens with zero attached hydrogens (tertiary/aromatic N) is 3. The number of aryl methyl sites for hydroxylation is 1. The molecule has 0 saturated heterocycles. The molecule has 7 nitrogen and oxygen atoms in total. The Morgan fingerprint density at radius 3 is 2.62 bits per heavy atom. The fourth-order valence-electron chi connectivity index (χ4n) is 3.81. The predicted octanol–water partition coefficient (Wildman–Crippen LogP) is 3.31. The number of ketones is 1. The van der Waals surface area contributed by atoms with Crippen molar-refractivity contribution < 1.29 is 18.4 Å². The number of amides is 1. The Labute approximate surface area is 165 Å². The van der Waals surface area contributed by atoms with Gasteiger partial charge in [-0.2, -0.15) is 0 Å². The molecule has 1 saturated carbocycles. The van der Waals surface area contributed by atoms with Gasteiger partial charge in [0.1, 0.15) is 23.3 Å². The molecule has 0 spiro atoms. The molecule has 3 heterocycles. The van der Waals surface area contributed by atoms with E-state index in [4.69, 9.17) is 10.2 Å². The van der Waals surface area contributed by atoms with E-state index >= 15 is 0 Å². The number of Topliss-reactive ketones (excluding diaryl/α,β-unsaturated/α-hetero) is 1. The maximum Gasteiger partial charge on any atom is 0.259 e. The fraction of sp³-hybridized carbons (Fsp3) is 0.238. The number of halogens is 1. The maximum absolute atomic E-state index is 14.3. The number of carbonyl (C=O) groups excluding carboxylic acids is 2. The SMILES string of the molecule is Cc1ccc(-c2nc(N)nc3c2C(=O)N(C2CC2)C3C(=O)c2ccccc2F)o1. The minimum atomic E-state index is -1.04. The molecule has 0 bridgehead atoms. The van der Waals surface area contributed by atoms with Crippen molar-refractivity contribution in [3.8, 4) is 11.5 Å². The molecular formula is C21H17FN4O3. The molecule has 5 rings (SSSR count). The third-order valence-corrected chi connectivity index (χ3v) is 5.24. The second-order valence-corrected chi connectivity index (χ2v) is 7.29. The first-order valence-electron chi connectivity index (χ1n) is 9.31. The lowest BCUT2D eigenvalue weighted by Gasteiger charge is -2.23. The Morgan fingerprint density at radius 1 is 1.21 bits per heavy atom. The monoisotopic (exact) mass is 392 g/mol. The molecule has 1 amide bonds. The molecule has 2 aromatic heterocycles. The third-order valence-electron chi connectivity index (χ3n) is 5.24. The van der Waals surface area contributed by atoms with E-state index in [2.05, 4.69) is 9.97 Å². The molecule has 1 fully saturated rings. The Balaban J connectivity index is 1.71. The summed E-state index contributed by atoms with van der Waals surface area (Å²) in [4.78, 5) is 36.6. The summed E-state index contributed by atoms with van der Waals surface area (Å²) in [5.74, 6) is -0.587. The van der Waals surface area contributed by atoms with Gasteiger partial charge in [0.05, 0.1) is 16.8 Å². The van der Waals surface area contributed by atoms with Crippen LogP contribution in [-0.2, 0) is 0 Å². The van der Waals surface area contributed by atoms with Crippen molar-refractivity contribution in [1.82, 2.24) is 14.9 Å². The van der Waals surface area contributed by atoms with Crippen LogP contribution >= 0.6 is 0 Å². The third kappa shape index (κ3) is 2.71. The van der Waals surface area contributed by atoms with E-state index in [-0.39, 0.29) is 40.4 Å². The summed E-state index contributed by atoms with van der Waals surface area (Å²) in [6.45, 7) is 1.77. The van der Waals surface area contributed by atoms with E-state index in [1.807, 2.05) is 0 Å². The standard InChI is InChI=1S/C21H17FN4O3/c1-10-6-9-14(29-10)16-15-17(25-21(23)24-16)18(26(20(15)28)11-7-8-11)19(27)12-4-2-3-5-13(12)22/h2-6,9,11,18H,7-8H2,1H3,(H2,23,24,25). The second kappa shape index (κ2) is 6.23. The molecule has 3 aromatic rings. The van der Waals surface area contributed by atoms with Crippen molar-refractivity contribution in [3.63, 3.8) is 0 Å². The highest BCUT2D eigenvalue weighted by atomic mass is 19.1. The van der Waals surface area contributed by atoms with Gasteiger partial charge in [-0.25, -0.2) is 14.4 Å². The zero-order valence-corrected chi connectivity index (χ0v) is 15.6. The van der Waals surface area contributed by atoms with E-state index in [9.17, 15) is 14.0 Å². The van der Waals surface area contributed by atoms with Gasteiger partial charge in [-0.05, 0) is 44.0 Å². The number of fused-ring (bicyclic) bond motifs is 1. The molecule has 29 heavy (non-hydrogen) atoms. The first kappa shape index (κ1) is 17.5. The molecule has 2 aliphatic rings. The molecule has 8 heteroatoms. The number of nitrogens with two attached hydrogens (primary N) is 1. The van der Waals surface area contributed by atoms with Crippen LogP contribution in [0.1, 0.15) is 51.1 Å². The first-order valence-corrected chi connectivity index (χ1v) is 9.31. The van der Waals surface area contributed by atoms with Gasteiger partial charge < -0.3 is 15.1 Å². The normalized spacial score (nSPS) is 18.2. The van der Waals surface area contributed by atoms with E-state index in [0.717, 1.165) is 12.8 Å². The van der Waals surface area contributed by atoms with Gasteiger partial charge in [0.15, 0.2) is 11.5 Å². The number of hydrogen-bond acceptors (Lipinski definition) is 6. The smallest absolute Gasteiger partial charge is 0.259 e. The summed E-state index contributed by atoms with van der Waals surface area (Å²) < 4.78 is 20.0. The molecule has 146 valence electrons. The van der Waals surface area contributed by atoms with Crippen LogP contribution in [-0.4, -0.2) is 32.6 Å². The largest absolute Gasteiger partial charge is 0.460 e. The lowest BCUT2D eigenvalue weighted by Crippen LogP contribution is -2.35. The highest BCUT2D eigenvalue weighted by Gasteiger charge is 2.51. The van der Waals surface area contributed by atoms with Crippen LogP contribution in [0.3, 0.4) is 0 Å². The lowest BCUT2D eigenvalue weighted by molar-refractivity contribution is 0.0636. The summed E-state index contributed by atoms with van der Waals surface area (Å²) in [6.07, 6.45) is 1.55.